The molecular weight excluding hydrogens is 555 g/mol. The van der Waals surface area contributed by atoms with Gasteiger partial charge in [-0.2, -0.15) is 0 Å². The summed E-state index contributed by atoms with van der Waals surface area (Å²) in [7, 11) is 0. The molecule has 0 fully saturated rings. The number of rotatable bonds is 6. The monoisotopic (exact) mass is 597 g/mol. The van der Waals surface area contributed by atoms with E-state index in [-0.39, 0.29) is 0 Å². The molecular formula is C45H43N. The zero-order valence-electron chi connectivity index (χ0n) is 27.3. The molecule has 2 bridgehead atoms. The predicted octanol–water partition coefficient (Wildman–Crippen LogP) is 9.39. The third-order valence-corrected chi connectivity index (χ3v) is 8.85. The molecule has 0 saturated heterocycles. The van der Waals surface area contributed by atoms with Gasteiger partial charge in [0, 0.05) is 17.1 Å². The zero-order chi connectivity index (χ0) is 31.9. The van der Waals surface area contributed by atoms with Gasteiger partial charge in [0.25, 0.3) is 0 Å². The molecule has 0 atom stereocenters. The number of hydrogen-bond donors (Lipinski definition) is 0. The van der Waals surface area contributed by atoms with Gasteiger partial charge in [-0.15, -0.1) is 0 Å². The average Bonchev–Trinajstić information content (AvgIpc) is 3.08. The Labute approximate surface area is 274 Å². The van der Waals surface area contributed by atoms with Gasteiger partial charge in [-0.05, 0) is 115 Å². The van der Waals surface area contributed by atoms with Crippen LogP contribution >= 0.6 is 0 Å². The Balaban J connectivity index is 1.74. The van der Waals surface area contributed by atoms with Crippen LogP contribution in [0.3, 0.4) is 0 Å². The first kappa shape index (κ1) is 30.9. The molecule has 228 valence electrons. The molecule has 0 N–H and O–H groups in total. The first-order valence-corrected chi connectivity index (χ1v) is 16.4. The van der Waals surface area contributed by atoms with E-state index < -0.39 is 0 Å². The zero-order valence-corrected chi connectivity index (χ0v) is 27.3. The Hall–Kier alpha value is -5.14. The fraction of sp³-hybridized carbons (Fsp3) is 0.156. The summed E-state index contributed by atoms with van der Waals surface area (Å²) >= 11 is 0. The molecule has 0 spiro atoms. The second kappa shape index (κ2) is 14.3. The average molecular weight is 598 g/mol. The molecule has 0 amide bonds. The van der Waals surface area contributed by atoms with E-state index in [0.29, 0.717) is 0 Å². The lowest BCUT2D eigenvalue weighted by atomic mass is 9.92. The lowest BCUT2D eigenvalue weighted by Gasteiger charge is -2.23. The van der Waals surface area contributed by atoms with E-state index in [2.05, 4.69) is 172 Å². The number of benzene rings is 3. The van der Waals surface area contributed by atoms with Gasteiger partial charge in [-0.1, -0.05) is 133 Å². The molecule has 0 radical (unpaired) electrons. The van der Waals surface area contributed by atoms with Crippen LogP contribution in [-0.4, -0.2) is 0 Å². The van der Waals surface area contributed by atoms with Gasteiger partial charge in [0.05, 0.1) is 5.70 Å². The van der Waals surface area contributed by atoms with Crippen LogP contribution in [-0.2, 0) is 6.42 Å². The topological polar surface area (TPSA) is 3.24 Å². The largest absolute Gasteiger partial charge is 0.317 e. The maximum Gasteiger partial charge on any atom is 0.0530 e. The quantitative estimate of drug-likeness (QED) is 0.200. The first-order valence-electron chi connectivity index (χ1n) is 16.4. The van der Waals surface area contributed by atoms with Crippen LogP contribution < -0.4 is 20.6 Å². The van der Waals surface area contributed by atoms with Crippen molar-refractivity contribution < 1.29 is 0 Å². The van der Waals surface area contributed by atoms with Crippen LogP contribution in [0.15, 0.2) is 152 Å². The molecule has 0 saturated carbocycles. The molecule has 4 aromatic rings. The Morgan fingerprint density at radius 2 is 1.54 bits per heavy atom. The van der Waals surface area contributed by atoms with Crippen LogP contribution in [0, 0.1) is 13.8 Å². The normalized spacial score (nSPS) is 16.4. The summed E-state index contributed by atoms with van der Waals surface area (Å²) in [5.74, 6) is 0. The fourth-order valence-electron chi connectivity index (χ4n) is 6.29. The molecule has 0 aromatic heterocycles. The Morgan fingerprint density at radius 3 is 2.35 bits per heavy atom. The van der Waals surface area contributed by atoms with E-state index in [0.717, 1.165) is 42.6 Å². The highest BCUT2D eigenvalue weighted by Gasteiger charge is 2.13. The Kier molecular flexibility index (Phi) is 9.60. The van der Waals surface area contributed by atoms with Gasteiger partial charge in [0.1, 0.15) is 0 Å². The summed E-state index contributed by atoms with van der Waals surface area (Å²) in [5, 5.41) is 6.34. The highest BCUT2D eigenvalue weighted by Crippen LogP contribution is 2.25. The van der Waals surface area contributed by atoms with Gasteiger partial charge in [-0.25, -0.2) is 0 Å². The first-order chi connectivity index (χ1) is 22.5. The number of nitrogens with zero attached hydrogens (tertiary/aromatic N) is 1. The van der Waals surface area contributed by atoms with E-state index in [1.54, 1.807) is 0 Å². The van der Waals surface area contributed by atoms with E-state index in [1.165, 1.54) is 54.3 Å². The molecule has 1 heteroatoms. The summed E-state index contributed by atoms with van der Waals surface area (Å²) in [5.41, 5.74) is 9.74. The standard InChI is InChI=1S/C45H43N/c1-5-33(2)16-14-30-46(39-28-24-34(3)25-29-39)45-23-9-7-6-8-20-41(40-21-10-11-22-42(40)45)44-31-35(4)15-12-17-36-18-13-19-37-26-27-38(44)32-43(36)37/h5,8-12,14-17,19-32H,1,6-7,13,18H2,2-4H3/b15-12?,17-12?,20-8+,23-9?,30-14+,33-16-,35-15?,35-31?,36-17?,41-40+,44-31?,44-38?,45-42?. The molecule has 2 aliphatic carbocycles. The van der Waals surface area contributed by atoms with Crippen LogP contribution in [0.2, 0.25) is 0 Å². The smallest absolute Gasteiger partial charge is 0.0530 e. The van der Waals surface area contributed by atoms with Gasteiger partial charge in [0.2, 0.25) is 0 Å². The van der Waals surface area contributed by atoms with Crippen molar-refractivity contribution in [3.05, 3.63) is 190 Å². The number of fused-ring (bicyclic) bond motifs is 2. The molecule has 0 aliphatic heterocycles. The molecule has 1 nitrogen and oxygen atoms in total. The molecule has 6 rings (SSSR count). The Morgan fingerprint density at radius 1 is 0.761 bits per heavy atom. The molecule has 2 aliphatic rings. The summed E-state index contributed by atoms with van der Waals surface area (Å²) in [4.78, 5) is 2.32. The summed E-state index contributed by atoms with van der Waals surface area (Å²) < 4.78 is 0. The third kappa shape index (κ3) is 6.90. The second-order valence-corrected chi connectivity index (χ2v) is 12.3. The number of allylic oxidation sites excluding steroid dienone is 7. The van der Waals surface area contributed by atoms with Crippen molar-refractivity contribution in [3.8, 4) is 0 Å². The van der Waals surface area contributed by atoms with Crippen molar-refractivity contribution in [1.29, 1.82) is 0 Å². The van der Waals surface area contributed by atoms with Crippen molar-refractivity contribution >= 4 is 33.8 Å². The molecule has 0 unspecified atom stereocenters. The summed E-state index contributed by atoms with van der Waals surface area (Å²) in [6, 6.07) is 33.8. The number of aryl methyl sites for hydroxylation is 3. The molecule has 0 heterocycles. The molecule has 46 heavy (non-hydrogen) atoms. The van der Waals surface area contributed by atoms with Crippen molar-refractivity contribution in [2.45, 2.75) is 46.5 Å². The lowest BCUT2D eigenvalue weighted by Crippen LogP contribution is -2.33. The highest BCUT2D eigenvalue weighted by atomic mass is 15.1. The van der Waals surface area contributed by atoms with Crippen LogP contribution in [0.4, 0.5) is 5.69 Å². The van der Waals surface area contributed by atoms with Gasteiger partial charge < -0.3 is 4.90 Å². The molecule has 4 aromatic carbocycles. The SMILES string of the molecule is C=C/C(C)=C\C=C\N(C1=c2cccc/c2=C(c2cc(C)cccc3c4cc2ccc4=CCC3)/C=C/CCC=C1)c1ccc(C)cc1. The van der Waals surface area contributed by atoms with E-state index in [1.807, 2.05) is 6.08 Å². The van der Waals surface area contributed by atoms with Crippen LogP contribution in [0.1, 0.15) is 48.4 Å². The Bertz CT molecular complexity index is 2130. The van der Waals surface area contributed by atoms with Gasteiger partial charge in [-0.3, -0.25) is 0 Å². The lowest BCUT2D eigenvalue weighted by molar-refractivity contribution is 1.04. The minimum Gasteiger partial charge on any atom is -0.317 e. The van der Waals surface area contributed by atoms with Crippen molar-refractivity contribution in [3.63, 3.8) is 0 Å². The van der Waals surface area contributed by atoms with Crippen molar-refractivity contribution in [1.82, 2.24) is 0 Å². The van der Waals surface area contributed by atoms with Gasteiger partial charge >= 0.3 is 0 Å². The van der Waals surface area contributed by atoms with Crippen LogP contribution in [0.5, 0.6) is 0 Å². The fourth-order valence-corrected chi connectivity index (χ4v) is 6.29. The third-order valence-electron chi connectivity index (χ3n) is 8.85. The van der Waals surface area contributed by atoms with Crippen molar-refractivity contribution in [2.24, 2.45) is 0 Å². The van der Waals surface area contributed by atoms with Gasteiger partial charge in [0.15, 0.2) is 0 Å². The minimum atomic E-state index is 0.964. The van der Waals surface area contributed by atoms with Crippen LogP contribution in [0.25, 0.3) is 28.1 Å². The minimum absolute atomic E-state index is 0.964. The maximum absolute atomic E-state index is 3.94. The van der Waals surface area contributed by atoms with E-state index >= 15 is 0 Å². The predicted molar refractivity (Wildman–Crippen MR) is 200 cm³/mol. The maximum atomic E-state index is 3.94. The summed E-state index contributed by atoms with van der Waals surface area (Å²) in [6.07, 6.45) is 24.1. The second-order valence-electron chi connectivity index (χ2n) is 12.3. The summed E-state index contributed by atoms with van der Waals surface area (Å²) in [6.45, 7) is 10.4. The van der Waals surface area contributed by atoms with E-state index in [9.17, 15) is 0 Å². The van der Waals surface area contributed by atoms with Crippen molar-refractivity contribution in [2.75, 3.05) is 4.90 Å². The van der Waals surface area contributed by atoms with E-state index in [4.69, 9.17) is 0 Å². The number of hydrogen-bond acceptors (Lipinski definition) is 1. The highest BCUT2D eigenvalue weighted by molar-refractivity contribution is 5.89. The number of anilines is 1.